The second-order valence-electron chi connectivity index (χ2n) is 6.16. The minimum atomic E-state index is -0.518. The van der Waals surface area contributed by atoms with E-state index in [1.165, 1.54) is 0 Å². The van der Waals surface area contributed by atoms with Gasteiger partial charge in [0.1, 0.15) is 5.75 Å². The normalized spacial score (nSPS) is 15.2. The predicted octanol–water partition coefficient (Wildman–Crippen LogP) is 3.10. The number of carbonyl (C=O) groups excluding carboxylic acids is 1. The number of hydrogen-bond donors (Lipinski definition) is 2. The molecule has 0 aliphatic carbocycles. The maximum atomic E-state index is 12.3. The van der Waals surface area contributed by atoms with Gasteiger partial charge in [-0.15, -0.1) is 0 Å². The second kappa shape index (κ2) is 8.79. The van der Waals surface area contributed by atoms with Crippen LogP contribution in [0.2, 0.25) is 0 Å². The second-order valence-corrected chi connectivity index (χ2v) is 6.16. The maximum Gasteiger partial charge on any atom is 0.220 e. The lowest BCUT2D eigenvalue weighted by atomic mass is 9.94. The first-order valence-electron chi connectivity index (χ1n) is 8.01. The number of nitrogens with one attached hydrogen (secondary N) is 1. The fourth-order valence-electron chi connectivity index (χ4n) is 2.62. The first-order chi connectivity index (χ1) is 10.4. The molecular formula is C18H29NO3. The summed E-state index contributed by atoms with van der Waals surface area (Å²) in [6.45, 7) is 7.89. The quantitative estimate of drug-likeness (QED) is 0.776. The third kappa shape index (κ3) is 5.02. The van der Waals surface area contributed by atoms with Crippen LogP contribution in [0.3, 0.4) is 0 Å². The summed E-state index contributed by atoms with van der Waals surface area (Å²) in [6, 6.07) is 7.56. The van der Waals surface area contributed by atoms with Crippen LogP contribution >= 0.6 is 0 Å². The van der Waals surface area contributed by atoms with Gasteiger partial charge in [-0.05, 0) is 29.9 Å². The number of amides is 1. The van der Waals surface area contributed by atoms with Crippen molar-refractivity contribution in [3.05, 3.63) is 29.8 Å². The molecule has 0 radical (unpaired) electrons. The Hall–Kier alpha value is -1.55. The van der Waals surface area contributed by atoms with Gasteiger partial charge in [-0.25, -0.2) is 0 Å². The predicted molar refractivity (Wildman–Crippen MR) is 89.1 cm³/mol. The molecule has 0 saturated heterocycles. The molecule has 124 valence electrons. The van der Waals surface area contributed by atoms with E-state index in [0.717, 1.165) is 11.3 Å². The number of rotatable bonds is 8. The molecule has 1 rings (SSSR count). The molecule has 3 atom stereocenters. The molecule has 1 aromatic carbocycles. The third-order valence-electron chi connectivity index (χ3n) is 4.04. The van der Waals surface area contributed by atoms with Crippen molar-refractivity contribution in [2.45, 2.75) is 58.6 Å². The number of ether oxygens (including phenoxy) is 1. The Morgan fingerprint density at radius 2 is 1.91 bits per heavy atom. The Morgan fingerprint density at radius 1 is 1.27 bits per heavy atom. The maximum absolute atomic E-state index is 12.3. The van der Waals surface area contributed by atoms with E-state index < -0.39 is 6.10 Å². The van der Waals surface area contributed by atoms with Crippen LogP contribution in [-0.2, 0) is 4.79 Å². The van der Waals surface area contributed by atoms with Gasteiger partial charge in [-0.3, -0.25) is 4.79 Å². The fraction of sp³-hybridized carbons (Fsp3) is 0.611. The van der Waals surface area contributed by atoms with E-state index in [9.17, 15) is 9.90 Å². The lowest BCUT2D eigenvalue weighted by Crippen LogP contribution is -2.45. The molecular weight excluding hydrogens is 278 g/mol. The molecule has 1 aromatic rings. The van der Waals surface area contributed by atoms with Gasteiger partial charge >= 0.3 is 0 Å². The van der Waals surface area contributed by atoms with Crippen LogP contribution in [0.4, 0.5) is 0 Å². The molecule has 22 heavy (non-hydrogen) atoms. The first-order valence-corrected chi connectivity index (χ1v) is 8.01. The van der Waals surface area contributed by atoms with E-state index in [-0.39, 0.29) is 23.8 Å². The smallest absolute Gasteiger partial charge is 0.220 e. The highest BCUT2D eigenvalue weighted by atomic mass is 16.5. The van der Waals surface area contributed by atoms with Gasteiger partial charge in [0, 0.05) is 6.42 Å². The van der Waals surface area contributed by atoms with E-state index in [2.05, 4.69) is 5.32 Å². The highest BCUT2D eigenvalue weighted by Gasteiger charge is 2.23. The first kappa shape index (κ1) is 18.5. The summed E-state index contributed by atoms with van der Waals surface area (Å²) in [5.74, 6) is 0.948. The van der Waals surface area contributed by atoms with Crippen LogP contribution in [-0.4, -0.2) is 30.3 Å². The summed E-state index contributed by atoms with van der Waals surface area (Å²) in [4.78, 5) is 12.3. The zero-order valence-electron chi connectivity index (χ0n) is 14.3. The number of methoxy groups -OCH3 is 1. The summed E-state index contributed by atoms with van der Waals surface area (Å²) < 4.78 is 5.35. The highest BCUT2D eigenvalue weighted by molar-refractivity contribution is 5.77. The number of hydrogen-bond acceptors (Lipinski definition) is 3. The van der Waals surface area contributed by atoms with Crippen molar-refractivity contribution in [2.75, 3.05) is 7.11 Å². The minimum Gasteiger partial charge on any atom is -0.496 e. The van der Waals surface area contributed by atoms with Gasteiger partial charge in [0.25, 0.3) is 0 Å². The highest BCUT2D eigenvalue weighted by Crippen LogP contribution is 2.28. The van der Waals surface area contributed by atoms with Crippen LogP contribution in [0, 0.1) is 5.92 Å². The van der Waals surface area contributed by atoms with Gasteiger partial charge in [-0.1, -0.05) is 45.9 Å². The molecule has 4 heteroatoms. The minimum absolute atomic E-state index is 0.0371. The van der Waals surface area contributed by atoms with Crippen LogP contribution in [0.1, 0.15) is 52.0 Å². The molecule has 2 N–H and O–H groups in total. The molecule has 0 bridgehead atoms. The number of carbonyl (C=O) groups is 1. The fourth-order valence-corrected chi connectivity index (χ4v) is 2.62. The number of aliphatic hydroxyl groups excluding tert-OH is 1. The average molecular weight is 307 g/mol. The van der Waals surface area contributed by atoms with E-state index in [1.807, 2.05) is 52.0 Å². The SMILES string of the molecule is CC[C@H](NC(=O)C[C@@H](C)c1ccccc1OC)[C@@H](O)C(C)C. The molecule has 1 amide bonds. The van der Waals surface area contributed by atoms with E-state index >= 15 is 0 Å². The van der Waals surface area contributed by atoms with Crippen LogP contribution < -0.4 is 10.1 Å². The van der Waals surface area contributed by atoms with Gasteiger partial charge in [-0.2, -0.15) is 0 Å². The number of benzene rings is 1. The van der Waals surface area contributed by atoms with Gasteiger partial charge in [0.05, 0.1) is 19.3 Å². The third-order valence-corrected chi connectivity index (χ3v) is 4.04. The Kier molecular flexibility index (Phi) is 7.39. The van der Waals surface area contributed by atoms with Crippen molar-refractivity contribution in [1.29, 1.82) is 0 Å². The molecule has 0 aliphatic rings. The molecule has 0 aromatic heterocycles. The number of para-hydroxylation sites is 1. The van der Waals surface area contributed by atoms with Crippen LogP contribution in [0.5, 0.6) is 5.75 Å². The molecule has 0 unspecified atom stereocenters. The van der Waals surface area contributed by atoms with Gasteiger partial charge in [0.15, 0.2) is 0 Å². The Labute approximate surface area is 133 Å². The van der Waals surface area contributed by atoms with Crippen LogP contribution in [0.15, 0.2) is 24.3 Å². The molecule has 0 saturated carbocycles. The van der Waals surface area contributed by atoms with Crippen molar-refractivity contribution < 1.29 is 14.6 Å². The zero-order chi connectivity index (χ0) is 16.7. The largest absolute Gasteiger partial charge is 0.496 e. The van der Waals surface area contributed by atoms with E-state index in [4.69, 9.17) is 4.74 Å². The topological polar surface area (TPSA) is 58.6 Å². The summed E-state index contributed by atoms with van der Waals surface area (Å²) in [5.41, 5.74) is 1.03. The van der Waals surface area contributed by atoms with E-state index in [0.29, 0.717) is 12.8 Å². The van der Waals surface area contributed by atoms with Crippen molar-refractivity contribution >= 4 is 5.91 Å². The molecule has 4 nitrogen and oxygen atoms in total. The van der Waals surface area contributed by atoms with Gasteiger partial charge < -0.3 is 15.2 Å². The summed E-state index contributed by atoms with van der Waals surface area (Å²) in [7, 11) is 1.64. The zero-order valence-corrected chi connectivity index (χ0v) is 14.3. The number of aliphatic hydroxyl groups is 1. The lowest BCUT2D eigenvalue weighted by Gasteiger charge is -2.26. The molecule has 0 heterocycles. The summed E-state index contributed by atoms with van der Waals surface area (Å²) in [5, 5.41) is 13.1. The monoisotopic (exact) mass is 307 g/mol. The Balaban J connectivity index is 2.67. The molecule has 0 aliphatic heterocycles. The van der Waals surface area contributed by atoms with Crippen molar-refractivity contribution in [3.8, 4) is 5.75 Å². The van der Waals surface area contributed by atoms with Crippen molar-refractivity contribution in [3.63, 3.8) is 0 Å². The van der Waals surface area contributed by atoms with Crippen molar-refractivity contribution in [2.24, 2.45) is 5.92 Å². The van der Waals surface area contributed by atoms with E-state index in [1.54, 1.807) is 7.11 Å². The summed E-state index contributed by atoms with van der Waals surface area (Å²) in [6.07, 6.45) is 0.575. The van der Waals surface area contributed by atoms with Crippen molar-refractivity contribution in [1.82, 2.24) is 5.32 Å². The lowest BCUT2D eigenvalue weighted by molar-refractivity contribution is -0.123. The Bertz CT molecular complexity index is 473. The molecule has 0 fully saturated rings. The summed E-state index contributed by atoms with van der Waals surface area (Å²) >= 11 is 0. The van der Waals surface area contributed by atoms with Gasteiger partial charge in [0.2, 0.25) is 5.91 Å². The molecule has 0 spiro atoms. The Morgan fingerprint density at radius 3 is 2.45 bits per heavy atom. The average Bonchev–Trinajstić information content (AvgIpc) is 2.51. The standard InChI is InChI=1S/C18H29NO3/c1-6-15(18(21)12(2)3)19-17(20)11-13(4)14-9-7-8-10-16(14)22-5/h7-10,12-13,15,18,21H,6,11H2,1-5H3,(H,19,20)/t13-,15+,18+/m1/s1. The van der Waals surface area contributed by atoms with Crippen LogP contribution in [0.25, 0.3) is 0 Å².